The molecule has 0 aromatic heterocycles. The number of hydrogen-bond acceptors (Lipinski definition) is 4. The molecule has 1 unspecified atom stereocenters. The first-order valence-electron chi connectivity index (χ1n) is 4.39. The SMILES string of the molecule is CCOC(=O)C(O)c1cc(O)ccc1F. The molecule has 0 fully saturated rings. The lowest BCUT2D eigenvalue weighted by molar-refractivity contribution is -0.153. The van der Waals surface area contributed by atoms with Crippen LogP contribution in [0.1, 0.15) is 18.6 Å². The fourth-order valence-electron chi connectivity index (χ4n) is 1.09. The minimum absolute atomic E-state index is 0.0936. The molecule has 82 valence electrons. The van der Waals surface area contributed by atoms with Gasteiger partial charge in [-0.1, -0.05) is 0 Å². The lowest BCUT2D eigenvalue weighted by Gasteiger charge is -2.10. The van der Waals surface area contributed by atoms with E-state index in [0.29, 0.717) is 0 Å². The van der Waals surface area contributed by atoms with Crippen LogP contribution in [0.4, 0.5) is 4.39 Å². The number of hydrogen-bond donors (Lipinski definition) is 2. The van der Waals surface area contributed by atoms with Crippen LogP contribution in [-0.2, 0) is 9.53 Å². The Morgan fingerprint density at radius 2 is 2.27 bits per heavy atom. The number of ether oxygens (including phenoxy) is 1. The van der Waals surface area contributed by atoms with Crippen LogP contribution in [0.5, 0.6) is 5.75 Å². The van der Waals surface area contributed by atoms with E-state index in [1.807, 2.05) is 0 Å². The number of phenols is 1. The number of rotatable bonds is 3. The van der Waals surface area contributed by atoms with Gasteiger partial charge in [0.1, 0.15) is 11.6 Å². The van der Waals surface area contributed by atoms with Gasteiger partial charge < -0.3 is 14.9 Å². The van der Waals surface area contributed by atoms with Crippen LogP contribution in [0.2, 0.25) is 0 Å². The van der Waals surface area contributed by atoms with E-state index in [4.69, 9.17) is 5.11 Å². The second-order valence-corrected chi connectivity index (χ2v) is 2.86. The van der Waals surface area contributed by atoms with Crippen molar-refractivity contribution in [1.29, 1.82) is 0 Å². The molecule has 0 spiro atoms. The van der Waals surface area contributed by atoms with Crippen molar-refractivity contribution in [2.24, 2.45) is 0 Å². The van der Waals surface area contributed by atoms with Gasteiger partial charge in [0.05, 0.1) is 6.61 Å². The maximum Gasteiger partial charge on any atom is 0.339 e. The van der Waals surface area contributed by atoms with E-state index in [9.17, 15) is 14.3 Å². The highest BCUT2D eigenvalue weighted by Crippen LogP contribution is 2.22. The van der Waals surface area contributed by atoms with Gasteiger partial charge in [-0.25, -0.2) is 9.18 Å². The normalized spacial score (nSPS) is 12.2. The third-order valence-electron chi connectivity index (χ3n) is 1.78. The third kappa shape index (κ3) is 2.66. The van der Waals surface area contributed by atoms with Crippen LogP contribution in [0.3, 0.4) is 0 Å². The molecule has 1 rings (SSSR count). The first-order chi connectivity index (χ1) is 7.06. The van der Waals surface area contributed by atoms with Crippen LogP contribution < -0.4 is 0 Å². The minimum atomic E-state index is -1.71. The summed E-state index contributed by atoms with van der Waals surface area (Å²) in [7, 11) is 0. The fraction of sp³-hybridized carbons (Fsp3) is 0.300. The van der Waals surface area contributed by atoms with Gasteiger partial charge in [-0.05, 0) is 25.1 Å². The molecule has 0 radical (unpaired) electrons. The summed E-state index contributed by atoms with van der Waals surface area (Å²) in [5.41, 5.74) is -0.298. The zero-order valence-corrected chi connectivity index (χ0v) is 8.11. The van der Waals surface area contributed by atoms with Crippen molar-refractivity contribution in [2.45, 2.75) is 13.0 Å². The Hall–Kier alpha value is -1.62. The summed E-state index contributed by atoms with van der Waals surface area (Å²) in [6, 6.07) is 3.07. The number of esters is 1. The molecule has 0 bridgehead atoms. The van der Waals surface area contributed by atoms with Gasteiger partial charge in [-0.3, -0.25) is 0 Å². The number of aromatic hydroxyl groups is 1. The van der Waals surface area contributed by atoms with E-state index < -0.39 is 17.9 Å². The third-order valence-corrected chi connectivity index (χ3v) is 1.78. The highest BCUT2D eigenvalue weighted by molar-refractivity contribution is 5.76. The van der Waals surface area contributed by atoms with E-state index in [0.717, 1.165) is 18.2 Å². The maximum atomic E-state index is 13.1. The topological polar surface area (TPSA) is 66.8 Å². The van der Waals surface area contributed by atoms with Crippen molar-refractivity contribution in [3.05, 3.63) is 29.6 Å². The second-order valence-electron chi connectivity index (χ2n) is 2.86. The first kappa shape index (κ1) is 11.5. The molecule has 1 atom stereocenters. The highest BCUT2D eigenvalue weighted by Gasteiger charge is 2.22. The molecule has 0 amide bonds. The summed E-state index contributed by atoms with van der Waals surface area (Å²) >= 11 is 0. The van der Waals surface area contributed by atoms with Gasteiger partial charge in [0.2, 0.25) is 0 Å². The zero-order valence-electron chi connectivity index (χ0n) is 8.11. The summed E-state index contributed by atoms with van der Waals surface area (Å²) in [6.07, 6.45) is -1.71. The molecule has 0 aliphatic carbocycles. The van der Waals surface area contributed by atoms with Crippen molar-refractivity contribution >= 4 is 5.97 Å². The molecule has 1 aromatic rings. The number of aliphatic hydroxyl groups excluding tert-OH is 1. The molecule has 1 aromatic carbocycles. The van der Waals surface area contributed by atoms with Crippen LogP contribution >= 0.6 is 0 Å². The molecule has 5 heteroatoms. The average Bonchev–Trinajstić information content (AvgIpc) is 2.21. The summed E-state index contributed by atoms with van der Waals surface area (Å²) in [5, 5.41) is 18.5. The second kappa shape index (κ2) is 4.75. The lowest BCUT2D eigenvalue weighted by Crippen LogP contribution is -2.16. The molecule has 0 heterocycles. The lowest BCUT2D eigenvalue weighted by atomic mass is 10.1. The highest BCUT2D eigenvalue weighted by atomic mass is 19.1. The number of phenolic OH excluding ortho intramolecular Hbond substituents is 1. The van der Waals surface area contributed by atoms with Gasteiger partial charge in [-0.2, -0.15) is 0 Å². The molecule has 2 N–H and O–H groups in total. The zero-order chi connectivity index (χ0) is 11.4. The monoisotopic (exact) mass is 214 g/mol. The van der Waals surface area contributed by atoms with Gasteiger partial charge in [-0.15, -0.1) is 0 Å². The molecule has 15 heavy (non-hydrogen) atoms. The first-order valence-corrected chi connectivity index (χ1v) is 4.39. The molecule has 0 saturated carbocycles. The van der Waals surface area contributed by atoms with E-state index in [2.05, 4.69) is 4.74 Å². The number of carbonyl (C=O) groups is 1. The minimum Gasteiger partial charge on any atom is -0.508 e. The Labute approximate surface area is 85.9 Å². The van der Waals surface area contributed by atoms with Crippen molar-refractivity contribution in [1.82, 2.24) is 0 Å². The summed E-state index contributed by atoms with van der Waals surface area (Å²) in [4.78, 5) is 11.1. The van der Waals surface area contributed by atoms with E-state index >= 15 is 0 Å². The number of aliphatic hydroxyl groups is 1. The van der Waals surface area contributed by atoms with Gasteiger partial charge in [0.15, 0.2) is 6.10 Å². The number of benzene rings is 1. The molecular weight excluding hydrogens is 203 g/mol. The summed E-state index contributed by atoms with van der Waals surface area (Å²) in [5.74, 6) is -1.94. The Kier molecular flexibility index (Phi) is 3.62. The Bertz CT molecular complexity index is 364. The van der Waals surface area contributed by atoms with E-state index in [-0.39, 0.29) is 17.9 Å². The van der Waals surface area contributed by atoms with Crippen molar-refractivity contribution in [2.75, 3.05) is 6.61 Å². The van der Waals surface area contributed by atoms with Gasteiger partial charge >= 0.3 is 5.97 Å². The fourth-order valence-corrected chi connectivity index (χ4v) is 1.09. The molecular formula is C10H11FO4. The quantitative estimate of drug-likeness (QED) is 0.740. The molecule has 0 aliphatic rings. The van der Waals surface area contributed by atoms with E-state index in [1.165, 1.54) is 0 Å². The Morgan fingerprint density at radius 3 is 2.87 bits per heavy atom. The van der Waals surface area contributed by atoms with E-state index in [1.54, 1.807) is 6.92 Å². The Balaban J connectivity index is 2.94. The maximum absolute atomic E-state index is 13.1. The van der Waals surface area contributed by atoms with Crippen LogP contribution in [-0.4, -0.2) is 22.8 Å². The number of carbonyl (C=O) groups excluding carboxylic acids is 1. The van der Waals surface area contributed by atoms with Crippen molar-refractivity contribution in [3.8, 4) is 5.75 Å². The van der Waals surface area contributed by atoms with Gasteiger partial charge in [0.25, 0.3) is 0 Å². The predicted molar refractivity (Wildman–Crippen MR) is 49.7 cm³/mol. The molecule has 0 aliphatic heterocycles. The van der Waals surface area contributed by atoms with Crippen molar-refractivity contribution in [3.63, 3.8) is 0 Å². The van der Waals surface area contributed by atoms with Crippen LogP contribution in [0.15, 0.2) is 18.2 Å². The molecule has 4 nitrogen and oxygen atoms in total. The average molecular weight is 214 g/mol. The van der Waals surface area contributed by atoms with Crippen LogP contribution in [0.25, 0.3) is 0 Å². The standard InChI is InChI=1S/C10H11FO4/c1-2-15-10(14)9(13)7-5-6(12)3-4-8(7)11/h3-5,9,12-13H,2H2,1H3. The summed E-state index contributed by atoms with van der Waals surface area (Å²) in [6.45, 7) is 1.67. The largest absolute Gasteiger partial charge is 0.508 e. The van der Waals surface area contributed by atoms with Crippen molar-refractivity contribution < 1.29 is 24.1 Å². The smallest absolute Gasteiger partial charge is 0.339 e. The predicted octanol–water partition coefficient (Wildman–Crippen LogP) is 1.13. The Morgan fingerprint density at radius 1 is 1.60 bits per heavy atom. The van der Waals surface area contributed by atoms with Crippen LogP contribution in [0, 0.1) is 5.82 Å². The molecule has 0 saturated heterocycles. The number of halogens is 1. The summed E-state index contributed by atoms with van der Waals surface area (Å²) < 4.78 is 17.7. The van der Waals surface area contributed by atoms with Gasteiger partial charge in [0, 0.05) is 5.56 Å².